The molecule has 0 spiro atoms. The van der Waals surface area contributed by atoms with Gasteiger partial charge in [0, 0.05) is 11.8 Å². The average molecular weight is 279 g/mol. The van der Waals surface area contributed by atoms with Gasteiger partial charge in [0.25, 0.3) is 0 Å². The number of ether oxygens (including phenoxy) is 2. The van der Waals surface area contributed by atoms with Gasteiger partial charge in [0.15, 0.2) is 11.5 Å². The lowest BCUT2D eigenvalue weighted by Gasteiger charge is -2.13. The molecule has 19 heavy (non-hydrogen) atoms. The van der Waals surface area contributed by atoms with Crippen LogP contribution in [0.2, 0.25) is 0 Å². The predicted octanol–water partition coefficient (Wildman–Crippen LogP) is 3.05. The number of benzene rings is 1. The second kappa shape index (κ2) is 5.19. The van der Waals surface area contributed by atoms with Gasteiger partial charge in [-0.25, -0.2) is 4.98 Å². The minimum Gasteiger partial charge on any atom is -0.493 e. The molecule has 0 saturated carbocycles. The molecular formula is C14H17NO3S. The van der Waals surface area contributed by atoms with Gasteiger partial charge in [0.2, 0.25) is 0 Å². The Morgan fingerprint density at radius 3 is 2.37 bits per heavy atom. The Kier molecular flexibility index (Phi) is 3.78. The highest BCUT2D eigenvalue weighted by molar-refractivity contribution is 7.15. The summed E-state index contributed by atoms with van der Waals surface area (Å²) in [7, 11) is 3.21. The maximum atomic E-state index is 9.96. The average Bonchev–Trinajstić information content (AvgIpc) is 2.87. The van der Waals surface area contributed by atoms with Crippen LogP contribution in [0.5, 0.6) is 11.5 Å². The number of hydrogen-bond acceptors (Lipinski definition) is 5. The SMILES string of the molecule is COc1ccc(-c2ncc(C(C)(C)O)s2)cc1OC. The summed E-state index contributed by atoms with van der Waals surface area (Å²) < 4.78 is 10.5. The van der Waals surface area contributed by atoms with Crippen molar-refractivity contribution in [2.75, 3.05) is 14.2 Å². The van der Waals surface area contributed by atoms with Gasteiger partial charge in [-0.05, 0) is 32.0 Å². The Balaban J connectivity index is 2.39. The van der Waals surface area contributed by atoms with Crippen molar-refractivity contribution in [2.24, 2.45) is 0 Å². The molecule has 1 aromatic carbocycles. The molecule has 5 heteroatoms. The fourth-order valence-electron chi connectivity index (χ4n) is 1.66. The molecule has 0 bridgehead atoms. The van der Waals surface area contributed by atoms with Crippen LogP contribution in [0, 0.1) is 0 Å². The predicted molar refractivity (Wildman–Crippen MR) is 75.9 cm³/mol. The van der Waals surface area contributed by atoms with Gasteiger partial charge < -0.3 is 14.6 Å². The highest BCUT2D eigenvalue weighted by Crippen LogP contribution is 2.36. The molecule has 0 amide bonds. The normalized spacial score (nSPS) is 11.4. The maximum absolute atomic E-state index is 9.96. The molecule has 0 aliphatic carbocycles. The number of aliphatic hydroxyl groups is 1. The third-order valence-corrected chi connectivity index (χ3v) is 4.10. The van der Waals surface area contributed by atoms with Crippen LogP contribution in [-0.2, 0) is 5.60 Å². The number of aromatic nitrogens is 1. The number of hydrogen-bond donors (Lipinski definition) is 1. The van der Waals surface area contributed by atoms with E-state index in [0.29, 0.717) is 11.5 Å². The number of rotatable bonds is 4. The first-order valence-electron chi connectivity index (χ1n) is 5.87. The van der Waals surface area contributed by atoms with Crippen LogP contribution in [0.1, 0.15) is 18.7 Å². The second-order valence-electron chi connectivity index (χ2n) is 4.66. The van der Waals surface area contributed by atoms with Crippen molar-refractivity contribution in [1.82, 2.24) is 4.98 Å². The first kappa shape index (κ1) is 13.8. The van der Waals surface area contributed by atoms with Crippen molar-refractivity contribution in [2.45, 2.75) is 19.4 Å². The molecular weight excluding hydrogens is 262 g/mol. The van der Waals surface area contributed by atoms with Crippen LogP contribution in [-0.4, -0.2) is 24.3 Å². The largest absolute Gasteiger partial charge is 0.493 e. The lowest BCUT2D eigenvalue weighted by Crippen LogP contribution is -2.12. The minimum absolute atomic E-state index is 0.667. The quantitative estimate of drug-likeness (QED) is 0.934. The van der Waals surface area contributed by atoms with Crippen LogP contribution in [0.25, 0.3) is 10.6 Å². The molecule has 1 aromatic heterocycles. The van der Waals surface area contributed by atoms with Crippen molar-refractivity contribution < 1.29 is 14.6 Å². The minimum atomic E-state index is -0.869. The highest BCUT2D eigenvalue weighted by Gasteiger charge is 2.20. The molecule has 2 aromatic rings. The second-order valence-corrected chi connectivity index (χ2v) is 5.69. The lowest BCUT2D eigenvalue weighted by atomic mass is 10.1. The Hall–Kier alpha value is -1.59. The smallest absolute Gasteiger partial charge is 0.161 e. The van der Waals surface area contributed by atoms with Gasteiger partial charge in [-0.2, -0.15) is 0 Å². The summed E-state index contributed by atoms with van der Waals surface area (Å²) in [5.41, 5.74) is 0.0742. The monoisotopic (exact) mass is 279 g/mol. The molecule has 4 nitrogen and oxygen atoms in total. The van der Waals surface area contributed by atoms with Crippen molar-refractivity contribution in [1.29, 1.82) is 0 Å². The topological polar surface area (TPSA) is 51.6 Å². The van der Waals surface area contributed by atoms with Gasteiger partial charge in [-0.15, -0.1) is 11.3 Å². The lowest BCUT2D eigenvalue weighted by molar-refractivity contribution is 0.0823. The zero-order valence-electron chi connectivity index (χ0n) is 11.4. The third kappa shape index (κ3) is 2.88. The van der Waals surface area contributed by atoms with E-state index in [4.69, 9.17) is 9.47 Å². The van der Waals surface area contributed by atoms with Crippen molar-refractivity contribution in [3.05, 3.63) is 29.3 Å². The van der Waals surface area contributed by atoms with E-state index < -0.39 is 5.60 Å². The first-order chi connectivity index (χ1) is 8.95. The van der Waals surface area contributed by atoms with Gasteiger partial charge in [0.05, 0.1) is 24.7 Å². The number of nitrogens with zero attached hydrogens (tertiary/aromatic N) is 1. The third-order valence-electron chi connectivity index (χ3n) is 2.74. The highest BCUT2D eigenvalue weighted by atomic mass is 32.1. The summed E-state index contributed by atoms with van der Waals surface area (Å²) >= 11 is 1.47. The molecule has 0 aliphatic rings. The molecule has 102 valence electrons. The molecule has 1 heterocycles. The zero-order valence-corrected chi connectivity index (χ0v) is 12.2. The molecule has 0 aliphatic heterocycles. The van der Waals surface area contributed by atoms with Crippen LogP contribution in [0.4, 0.5) is 0 Å². The standard InChI is InChI=1S/C14H17NO3S/c1-14(2,16)12-8-15-13(19-12)9-5-6-10(17-3)11(7-9)18-4/h5-8,16H,1-4H3. The summed E-state index contributed by atoms with van der Waals surface area (Å²) in [6, 6.07) is 5.65. The fraction of sp³-hybridized carbons (Fsp3) is 0.357. The summed E-state index contributed by atoms with van der Waals surface area (Å²) in [6.07, 6.45) is 1.71. The number of methoxy groups -OCH3 is 2. The molecule has 1 N–H and O–H groups in total. The van der Waals surface area contributed by atoms with Gasteiger partial charge >= 0.3 is 0 Å². The van der Waals surface area contributed by atoms with E-state index in [1.807, 2.05) is 18.2 Å². The van der Waals surface area contributed by atoms with Crippen LogP contribution in [0.15, 0.2) is 24.4 Å². The number of thiazole rings is 1. The van der Waals surface area contributed by atoms with Gasteiger partial charge in [-0.3, -0.25) is 0 Å². The Labute approximate surface area is 116 Å². The summed E-state index contributed by atoms with van der Waals surface area (Å²) in [6.45, 7) is 3.50. The van der Waals surface area contributed by atoms with Crippen molar-refractivity contribution in [3.8, 4) is 22.1 Å². The van der Waals surface area contributed by atoms with E-state index in [0.717, 1.165) is 15.4 Å². The van der Waals surface area contributed by atoms with Crippen LogP contribution >= 0.6 is 11.3 Å². The molecule has 0 atom stereocenters. The van der Waals surface area contributed by atoms with Crippen molar-refractivity contribution in [3.63, 3.8) is 0 Å². The summed E-state index contributed by atoms with van der Waals surface area (Å²) in [5.74, 6) is 1.35. The van der Waals surface area contributed by atoms with Gasteiger partial charge in [0.1, 0.15) is 5.01 Å². The summed E-state index contributed by atoms with van der Waals surface area (Å²) in [4.78, 5) is 5.18. The fourth-order valence-corrected chi connectivity index (χ4v) is 2.57. The van der Waals surface area contributed by atoms with E-state index >= 15 is 0 Å². The van der Waals surface area contributed by atoms with Crippen molar-refractivity contribution >= 4 is 11.3 Å². The van der Waals surface area contributed by atoms with E-state index in [-0.39, 0.29) is 0 Å². The van der Waals surface area contributed by atoms with E-state index in [1.165, 1.54) is 11.3 Å². The molecule has 0 radical (unpaired) electrons. The zero-order chi connectivity index (χ0) is 14.0. The molecule has 2 rings (SSSR count). The van der Waals surface area contributed by atoms with Crippen LogP contribution in [0.3, 0.4) is 0 Å². The van der Waals surface area contributed by atoms with Crippen LogP contribution < -0.4 is 9.47 Å². The van der Waals surface area contributed by atoms with E-state index in [9.17, 15) is 5.11 Å². The molecule has 0 saturated heterocycles. The molecule has 0 unspecified atom stereocenters. The van der Waals surface area contributed by atoms with E-state index in [2.05, 4.69) is 4.98 Å². The Morgan fingerprint density at radius 1 is 1.16 bits per heavy atom. The Morgan fingerprint density at radius 2 is 1.84 bits per heavy atom. The maximum Gasteiger partial charge on any atom is 0.161 e. The van der Waals surface area contributed by atoms with E-state index in [1.54, 1.807) is 34.3 Å². The van der Waals surface area contributed by atoms with Gasteiger partial charge in [-0.1, -0.05) is 0 Å². The first-order valence-corrected chi connectivity index (χ1v) is 6.68. The Bertz CT molecular complexity index is 572. The summed E-state index contributed by atoms with van der Waals surface area (Å²) in [5, 5.41) is 10.8. The molecule has 0 fully saturated rings.